The number of methoxy groups -OCH3 is 1. The minimum atomic E-state index is -4.01. The van der Waals surface area contributed by atoms with E-state index in [0.29, 0.717) is 30.1 Å². The molecule has 0 radical (unpaired) electrons. The maximum atomic E-state index is 13.0. The molecule has 1 heterocycles. The molecule has 0 saturated carbocycles. The molecule has 32 heavy (non-hydrogen) atoms. The molecule has 1 aliphatic heterocycles. The summed E-state index contributed by atoms with van der Waals surface area (Å²) in [6.45, 7) is 2.15. The Hall–Kier alpha value is -3.24. The molecule has 2 N–H and O–H groups in total. The molecule has 0 bridgehead atoms. The molecule has 168 valence electrons. The Bertz CT molecular complexity index is 1390. The largest absolute Gasteiger partial charge is 0.495 e. The van der Waals surface area contributed by atoms with Gasteiger partial charge in [-0.05, 0) is 60.5 Å². The van der Waals surface area contributed by atoms with Crippen molar-refractivity contribution in [2.24, 2.45) is 0 Å². The number of rotatable bonds is 7. The summed E-state index contributed by atoms with van der Waals surface area (Å²) in [4.78, 5) is 0.0323. The van der Waals surface area contributed by atoms with Crippen molar-refractivity contribution >= 4 is 31.4 Å². The molecule has 4 rings (SSSR count). The zero-order valence-electron chi connectivity index (χ0n) is 17.5. The minimum absolute atomic E-state index is 0.0500. The van der Waals surface area contributed by atoms with Crippen LogP contribution in [0, 0.1) is 6.92 Å². The number of para-hydroxylation sites is 2. The van der Waals surface area contributed by atoms with Crippen molar-refractivity contribution in [2.45, 2.75) is 23.1 Å². The predicted molar refractivity (Wildman–Crippen MR) is 121 cm³/mol. The van der Waals surface area contributed by atoms with Crippen molar-refractivity contribution in [3.63, 3.8) is 0 Å². The quantitative estimate of drug-likeness (QED) is 0.542. The lowest BCUT2D eigenvalue weighted by atomic mass is 10.2. The van der Waals surface area contributed by atoms with Crippen LogP contribution in [0.3, 0.4) is 0 Å². The van der Waals surface area contributed by atoms with E-state index in [2.05, 4.69) is 9.44 Å². The summed E-state index contributed by atoms with van der Waals surface area (Å²) < 4.78 is 67.5. The fraction of sp³-hybridized carbons (Fsp3) is 0.182. The van der Waals surface area contributed by atoms with Crippen LogP contribution >= 0.6 is 0 Å². The summed E-state index contributed by atoms with van der Waals surface area (Å²) in [6.07, 6.45) is 0.639. The number of fused-ring (bicyclic) bond motifs is 1. The second-order valence-electron chi connectivity index (χ2n) is 7.26. The monoisotopic (exact) mass is 474 g/mol. The van der Waals surface area contributed by atoms with Gasteiger partial charge in [-0.2, -0.15) is 0 Å². The van der Waals surface area contributed by atoms with Crippen LogP contribution < -0.4 is 18.9 Å². The molecular formula is C22H22N2O6S2. The predicted octanol–water partition coefficient (Wildman–Crippen LogP) is 3.54. The summed E-state index contributed by atoms with van der Waals surface area (Å²) in [5, 5.41) is 0. The van der Waals surface area contributed by atoms with Crippen LogP contribution in [0.15, 0.2) is 70.5 Å². The van der Waals surface area contributed by atoms with Crippen LogP contribution in [-0.4, -0.2) is 30.6 Å². The normalized spacial score (nSPS) is 13.2. The van der Waals surface area contributed by atoms with Gasteiger partial charge in [0.1, 0.15) is 11.5 Å². The van der Waals surface area contributed by atoms with E-state index in [-0.39, 0.29) is 21.2 Å². The third-order valence-electron chi connectivity index (χ3n) is 5.05. The smallest absolute Gasteiger partial charge is 0.262 e. The third-order valence-corrected chi connectivity index (χ3v) is 7.94. The first kappa shape index (κ1) is 22.0. The first-order valence-corrected chi connectivity index (χ1v) is 12.7. The Morgan fingerprint density at radius 3 is 2.47 bits per heavy atom. The van der Waals surface area contributed by atoms with E-state index in [4.69, 9.17) is 9.47 Å². The average Bonchev–Trinajstić information content (AvgIpc) is 3.23. The summed E-state index contributed by atoms with van der Waals surface area (Å²) in [7, 11) is -6.49. The lowest BCUT2D eigenvalue weighted by Crippen LogP contribution is -2.17. The zero-order valence-corrected chi connectivity index (χ0v) is 19.1. The molecular weight excluding hydrogens is 452 g/mol. The summed E-state index contributed by atoms with van der Waals surface area (Å²) in [6, 6.07) is 15.6. The topological polar surface area (TPSA) is 111 Å². The number of aryl methyl sites for hydroxylation is 1. The molecule has 0 aliphatic carbocycles. The summed E-state index contributed by atoms with van der Waals surface area (Å²) in [5.74, 6) is 1.04. The fourth-order valence-electron chi connectivity index (χ4n) is 3.43. The molecule has 8 nitrogen and oxygen atoms in total. The highest BCUT2D eigenvalue weighted by Crippen LogP contribution is 2.30. The third kappa shape index (κ3) is 4.37. The van der Waals surface area contributed by atoms with E-state index >= 15 is 0 Å². The second-order valence-corrected chi connectivity index (χ2v) is 10.6. The average molecular weight is 475 g/mol. The number of nitrogens with one attached hydrogen (secondary N) is 2. The molecule has 3 aromatic carbocycles. The highest BCUT2D eigenvalue weighted by Gasteiger charge is 2.22. The second kappa shape index (κ2) is 8.36. The van der Waals surface area contributed by atoms with Gasteiger partial charge in [0.05, 0.1) is 34.9 Å². The Morgan fingerprint density at radius 2 is 1.69 bits per heavy atom. The number of hydrogen-bond acceptors (Lipinski definition) is 6. The van der Waals surface area contributed by atoms with Crippen molar-refractivity contribution in [2.75, 3.05) is 23.2 Å². The number of sulfonamides is 2. The van der Waals surface area contributed by atoms with E-state index in [0.717, 1.165) is 5.56 Å². The number of benzene rings is 3. The van der Waals surface area contributed by atoms with Crippen LogP contribution in [0.5, 0.6) is 11.5 Å². The van der Waals surface area contributed by atoms with Gasteiger partial charge >= 0.3 is 0 Å². The standard InChI is InChI=1S/C22H22N2O6S2/c1-15-7-8-17(23-31(25,26)18-9-10-20-16(13-18)11-12-30-20)14-22(15)32(27,28)24-19-5-3-4-6-21(19)29-2/h3-10,13-14,23-24H,11-12H2,1-2H3. The minimum Gasteiger partial charge on any atom is -0.495 e. The lowest BCUT2D eigenvalue weighted by Gasteiger charge is -2.15. The molecule has 0 unspecified atom stereocenters. The molecule has 0 fully saturated rings. The molecule has 0 atom stereocenters. The van der Waals surface area contributed by atoms with E-state index in [9.17, 15) is 16.8 Å². The molecule has 0 saturated heterocycles. The lowest BCUT2D eigenvalue weighted by molar-refractivity contribution is 0.356. The van der Waals surface area contributed by atoms with Gasteiger partial charge in [-0.3, -0.25) is 9.44 Å². The van der Waals surface area contributed by atoms with E-state index in [1.807, 2.05) is 0 Å². The summed E-state index contributed by atoms with van der Waals surface area (Å²) >= 11 is 0. The van der Waals surface area contributed by atoms with Gasteiger partial charge in [-0.1, -0.05) is 18.2 Å². The van der Waals surface area contributed by atoms with Crippen LogP contribution in [-0.2, 0) is 26.5 Å². The Morgan fingerprint density at radius 1 is 0.906 bits per heavy atom. The van der Waals surface area contributed by atoms with E-state index in [1.54, 1.807) is 49.4 Å². The van der Waals surface area contributed by atoms with Gasteiger partial charge in [0.25, 0.3) is 20.0 Å². The van der Waals surface area contributed by atoms with Gasteiger partial charge in [0.15, 0.2) is 0 Å². The molecule has 0 aromatic heterocycles. The van der Waals surface area contributed by atoms with E-state index < -0.39 is 20.0 Å². The highest BCUT2D eigenvalue weighted by molar-refractivity contribution is 7.93. The van der Waals surface area contributed by atoms with Crippen LogP contribution in [0.25, 0.3) is 0 Å². The van der Waals surface area contributed by atoms with Crippen molar-refractivity contribution in [3.05, 3.63) is 71.8 Å². The van der Waals surface area contributed by atoms with Crippen molar-refractivity contribution in [1.82, 2.24) is 0 Å². The maximum Gasteiger partial charge on any atom is 0.262 e. The Balaban J connectivity index is 1.64. The van der Waals surface area contributed by atoms with Gasteiger partial charge in [0.2, 0.25) is 0 Å². The number of ether oxygens (including phenoxy) is 2. The maximum absolute atomic E-state index is 13.0. The SMILES string of the molecule is COc1ccccc1NS(=O)(=O)c1cc(NS(=O)(=O)c2ccc3c(c2)CCO3)ccc1C. The van der Waals surface area contributed by atoms with Gasteiger partial charge < -0.3 is 9.47 Å². The molecule has 1 aliphatic rings. The summed E-state index contributed by atoms with van der Waals surface area (Å²) in [5.41, 5.74) is 1.69. The number of hydrogen-bond donors (Lipinski definition) is 2. The molecule has 10 heteroatoms. The fourth-order valence-corrected chi connectivity index (χ4v) is 5.87. The number of anilines is 2. The van der Waals surface area contributed by atoms with Crippen LogP contribution in [0.1, 0.15) is 11.1 Å². The zero-order chi connectivity index (χ0) is 22.9. The van der Waals surface area contributed by atoms with Crippen molar-refractivity contribution in [1.29, 1.82) is 0 Å². The van der Waals surface area contributed by atoms with Crippen LogP contribution in [0.4, 0.5) is 11.4 Å². The van der Waals surface area contributed by atoms with Crippen molar-refractivity contribution in [3.8, 4) is 11.5 Å². The van der Waals surface area contributed by atoms with Gasteiger partial charge in [-0.25, -0.2) is 16.8 Å². The van der Waals surface area contributed by atoms with Crippen molar-refractivity contribution < 1.29 is 26.3 Å². The van der Waals surface area contributed by atoms with Gasteiger partial charge in [0, 0.05) is 6.42 Å². The van der Waals surface area contributed by atoms with Crippen LogP contribution in [0.2, 0.25) is 0 Å². The Kier molecular flexibility index (Phi) is 5.74. The molecule has 3 aromatic rings. The molecule has 0 amide bonds. The highest BCUT2D eigenvalue weighted by atomic mass is 32.2. The van der Waals surface area contributed by atoms with E-state index in [1.165, 1.54) is 25.3 Å². The first-order valence-electron chi connectivity index (χ1n) is 9.75. The Labute approximate surface area is 187 Å². The first-order chi connectivity index (χ1) is 15.2. The molecule has 0 spiro atoms. The van der Waals surface area contributed by atoms with Gasteiger partial charge in [-0.15, -0.1) is 0 Å².